The second-order valence-electron chi connectivity index (χ2n) is 5.54. The highest BCUT2D eigenvalue weighted by Gasteiger charge is 2.26. The van der Waals surface area contributed by atoms with E-state index in [2.05, 4.69) is 21.9 Å². The lowest BCUT2D eigenvalue weighted by molar-refractivity contribution is 0.329. The van der Waals surface area contributed by atoms with Crippen LogP contribution < -0.4 is 10.0 Å². The molecule has 1 aromatic heterocycles. The van der Waals surface area contributed by atoms with Gasteiger partial charge in [0.1, 0.15) is 0 Å². The van der Waals surface area contributed by atoms with Crippen LogP contribution in [0.5, 0.6) is 0 Å². The number of nitrogens with zero attached hydrogens (tertiary/aromatic N) is 1. The Bertz CT molecular complexity index is 538. The molecule has 5 nitrogen and oxygen atoms in total. The van der Waals surface area contributed by atoms with Gasteiger partial charge in [-0.25, -0.2) is 13.1 Å². The zero-order valence-corrected chi connectivity index (χ0v) is 14.4. The molecule has 0 amide bonds. The molecule has 2 N–H and O–H groups in total. The normalized spacial score (nSPS) is 15.8. The quantitative estimate of drug-likeness (QED) is 0.640. The predicted molar refractivity (Wildman–Crippen MR) is 87.2 cm³/mol. The molecular formula is C14H25N3O2S2. The molecule has 0 radical (unpaired) electrons. The van der Waals surface area contributed by atoms with Crippen LogP contribution >= 0.6 is 11.3 Å². The number of nitrogens with one attached hydrogen (secondary N) is 2. The second kappa shape index (κ2) is 7.69. The fraction of sp³-hybridized carbons (Fsp3) is 0.714. The van der Waals surface area contributed by atoms with E-state index < -0.39 is 10.0 Å². The van der Waals surface area contributed by atoms with Crippen LogP contribution in [-0.2, 0) is 16.6 Å². The molecule has 1 fully saturated rings. The monoisotopic (exact) mass is 331 g/mol. The first kappa shape index (κ1) is 16.9. The molecule has 0 spiro atoms. The topological polar surface area (TPSA) is 61.4 Å². The minimum absolute atomic E-state index is 0.384. The molecule has 0 atom stereocenters. The largest absolute Gasteiger partial charge is 0.312 e. The predicted octanol–water partition coefficient (Wildman–Crippen LogP) is 1.62. The van der Waals surface area contributed by atoms with Gasteiger partial charge >= 0.3 is 0 Å². The average molecular weight is 332 g/mol. The van der Waals surface area contributed by atoms with Gasteiger partial charge < -0.3 is 10.2 Å². The third-order valence-corrected chi connectivity index (χ3v) is 6.12. The summed E-state index contributed by atoms with van der Waals surface area (Å²) in [5.41, 5.74) is 0. The number of thiophene rings is 1. The second-order valence-corrected chi connectivity index (χ2v) is 8.30. The molecule has 1 heterocycles. The zero-order valence-electron chi connectivity index (χ0n) is 12.8. The molecule has 7 heteroatoms. The van der Waals surface area contributed by atoms with Crippen LogP contribution in [0.1, 0.15) is 31.1 Å². The van der Waals surface area contributed by atoms with Crippen molar-refractivity contribution in [3.05, 3.63) is 16.3 Å². The summed E-state index contributed by atoms with van der Waals surface area (Å²) in [6.45, 7) is 5.03. The molecule has 0 saturated heterocycles. The van der Waals surface area contributed by atoms with Gasteiger partial charge in [0, 0.05) is 35.9 Å². The maximum absolute atomic E-state index is 12.2. The highest BCUT2D eigenvalue weighted by molar-refractivity contribution is 7.89. The Labute approximate surface area is 131 Å². The van der Waals surface area contributed by atoms with E-state index in [1.54, 1.807) is 11.4 Å². The van der Waals surface area contributed by atoms with Crippen LogP contribution in [0, 0.1) is 0 Å². The third-order valence-electron chi connectivity index (χ3n) is 3.59. The van der Waals surface area contributed by atoms with Crippen molar-refractivity contribution < 1.29 is 8.42 Å². The maximum Gasteiger partial charge on any atom is 0.241 e. The molecule has 0 aromatic carbocycles. The molecule has 0 unspecified atom stereocenters. The Morgan fingerprint density at radius 1 is 1.38 bits per heavy atom. The van der Waals surface area contributed by atoms with Crippen LogP contribution in [0.3, 0.4) is 0 Å². The number of hydrogen-bond acceptors (Lipinski definition) is 5. The van der Waals surface area contributed by atoms with Crippen molar-refractivity contribution in [1.82, 2.24) is 14.9 Å². The first-order chi connectivity index (χ1) is 10.0. The third kappa shape index (κ3) is 5.34. The van der Waals surface area contributed by atoms with E-state index in [1.165, 1.54) is 24.2 Å². The van der Waals surface area contributed by atoms with Crippen LogP contribution in [0.25, 0.3) is 0 Å². The van der Waals surface area contributed by atoms with Crippen LogP contribution in [0.15, 0.2) is 16.3 Å². The summed E-state index contributed by atoms with van der Waals surface area (Å²) < 4.78 is 27.1. The minimum atomic E-state index is -3.37. The summed E-state index contributed by atoms with van der Waals surface area (Å²) >= 11 is 1.49. The molecule has 1 aliphatic rings. The van der Waals surface area contributed by atoms with Gasteiger partial charge in [-0.05, 0) is 38.9 Å². The van der Waals surface area contributed by atoms with Gasteiger partial charge in [-0.15, -0.1) is 11.3 Å². The van der Waals surface area contributed by atoms with Crippen molar-refractivity contribution in [3.63, 3.8) is 0 Å². The van der Waals surface area contributed by atoms with Gasteiger partial charge in [0.05, 0.1) is 4.90 Å². The molecule has 0 bridgehead atoms. The molecule has 0 aliphatic heterocycles. The smallest absolute Gasteiger partial charge is 0.241 e. The SMILES string of the molecule is CCCNCc1cc(S(=O)(=O)NCCN(C)C2CC2)cs1. The van der Waals surface area contributed by atoms with Crippen molar-refractivity contribution in [1.29, 1.82) is 0 Å². The van der Waals surface area contributed by atoms with E-state index in [1.807, 2.05) is 7.05 Å². The van der Waals surface area contributed by atoms with Gasteiger partial charge in [-0.1, -0.05) is 6.92 Å². The van der Waals surface area contributed by atoms with Gasteiger partial charge in [0.2, 0.25) is 10.0 Å². The Morgan fingerprint density at radius 2 is 2.14 bits per heavy atom. The Morgan fingerprint density at radius 3 is 2.81 bits per heavy atom. The lowest BCUT2D eigenvalue weighted by atomic mass is 10.4. The van der Waals surface area contributed by atoms with Crippen LogP contribution in [-0.4, -0.2) is 46.0 Å². The summed E-state index contributed by atoms with van der Waals surface area (Å²) in [5, 5.41) is 5.00. The van der Waals surface area contributed by atoms with E-state index in [4.69, 9.17) is 0 Å². The van der Waals surface area contributed by atoms with Crippen LogP contribution in [0.2, 0.25) is 0 Å². The minimum Gasteiger partial charge on any atom is -0.312 e. The molecule has 21 heavy (non-hydrogen) atoms. The van der Waals surface area contributed by atoms with E-state index >= 15 is 0 Å². The summed E-state index contributed by atoms with van der Waals surface area (Å²) in [7, 11) is -1.32. The van der Waals surface area contributed by atoms with Gasteiger partial charge in [0.25, 0.3) is 0 Å². The molecule has 1 aliphatic carbocycles. The zero-order chi connectivity index (χ0) is 15.3. The molecule has 1 saturated carbocycles. The molecule has 1 aromatic rings. The average Bonchev–Trinajstić information content (AvgIpc) is 3.18. The van der Waals surface area contributed by atoms with E-state index in [9.17, 15) is 8.42 Å². The van der Waals surface area contributed by atoms with Gasteiger partial charge in [-0.2, -0.15) is 0 Å². The fourth-order valence-corrected chi connectivity index (χ4v) is 4.39. The van der Waals surface area contributed by atoms with Crippen molar-refractivity contribution in [2.45, 2.75) is 43.7 Å². The highest BCUT2D eigenvalue weighted by atomic mass is 32.2. The number of sulfonamides is 1. The van der Waals surface area contributed by atoms with E-state index in [-0.39, 0.29) is 0 Å². The van der Waals surface area contributed by atoms with E-state index in [0.29, 0.717) is 17.5 Å². The van der Waals surface area contributed by atoms with Gasteiger partial charge in [-0.3, -0.25) is 0 Å². The van der Waals surface area contributed by atoms with Gasteiger partial charge in [0.15, 0.2) is 0 Å². The van der Waals surface area contributed by atoms with Crippen LogP contribution in [0.4, 0.5) is 0 Å². The first-order valence-corrected chi connectivity index (χ1v) is 9.87. The Kier molecular flexibility index (Phi) is 6.19. The lowest BCUT2D eigenvalue weighted by Gasteiger charge is -2.15. The molecule has 2 rings (SSSR count). The highest BCUT2D eigenvalue weighted by Crippen LogP contribution is 2.24. The first-order valence-electron chi connectivity index (χ1n) is 7.51. The number of likely N-dealkylation sites (N-methyl/N-ethyl adjacent to an activating group) is 1. The summed E-state index contributed by atoms with van der Waals surface area (Å²) in [4.78, 5) is 3.66. The van der Waals surface area contributed by atoms with Crippen molar-refractivity contribution >= 4 is 21.4 Å². The lowest BCUT2D eigenvalue weighted by Crippen LogP contribution is -2.33. The number of hydrogen-bond donors (Lipinski definition) is 2. The molecular weight excluding hydrogens is 306 g/mol. The maximum atomic E-state index is 12.2. The standard InChI is InChI=1S/C14H25N3O2S2/c1-3-6-15-10-13-9-14(11-20-13)21(18,19)16-7-8-17(2)12-4-5-12/h9,11-12,15-16H,3-8,10H2,1-2H3. The number of rotatable bonds is 10. The summed E-state index contributed by atoms with van der Waals surface area (Å²) in [6, 6.07) is 2.42. The Hall–Kier alpha value is -0.470. The Balaban J connectivity index is 1.80. The summed E-state index contributed by atoms with van der Waals surface area (Å²) in [6.07, 6.45) is 3.55. The molecule has 120 valence electrons. The van der Waals surface area contributed by atoms with Crippen molar-refractivity contribution in [2.75, 3.05) is 26.7 Å². The summed E-state index contributed by atoms with van der Waals surface area (Å²) in [5.74, 6) is 0. The van der Waals surface area contributed by atoms with Crippen molar-refractivity contribution in [2.24, 2.45) is 0 Å². The van der Waals surface area contributed by atoms with Crippen molar-refractivity contribution in [3.8, 4) is 0 Å². The fourth-order valence-electron chi connectivity index (χ4n) is 2.12. The van der Waals surface area contributed by atoms with E-state index in [0.717, 1.165) is 30.9 Å².